The second kappa shape index (κ2) is 5.48. The van der Waals surface area contributed by atoms with Crippen molar-refractivity contribution in [1.82, 2.24) is 0 Å². The second-order valence-corrected chi connectivity index (χ2v) is 6.27. The zero-order chi connectivity index (χ0) is 15.0. The summed E-state index contributed by atoms with van der Waals surface area (Å²) in [6.45, 7) is 4.00. The van der Waals surface area contributed by atoms with Crippen LogP contribution in [0.15, 0.2) is 23.2 Å². The van der Waals surface area contributed by atoms with Crippen molar-refractivity contribution in [3.63, 3.8) is 0 Å². The highest BCUT2D eigenvalue weighted by atomic mass is 35.5. The predicted molar refractivity (Wildman–Crippen MR) is 78.7 cm³/mol. The molecule has 1 aromatic carbocycles. The van der Waals surface area contributed by atoms with Crippen LogP contribution in [-0.4, -0.2) is 16.5 Å². The number of hydrogen-bond acceptors (Lipinski definition) is 3. The molecule has 1 aliphatic heterocycles. The first-order valence-corrected chi connectivity index (χ1v) is 7.46. The summed E-state index contributed by atoms with van der Waals surface area (Å²) in [4.78, 5) is 4.45. The minimum atomic E-state index is -4.45. The van der Waals surface area contributed by atoms with Crippen molar-refractivity contribution in [3.8, 4) is 0 Å². The Kier molecular flexibility index (Phi) is 4.25. The number of aliphatic imine (C=N–C) groups is 1. The van der Waals surface area contributed by atoms with E-state index < -0.39 is 11.7 Å². The molecule has 1 aromatic rings. The zero-order valence-corrected chi connectivity index (χ0v) is 12.6. The molecule has 0 spiro atoms. The molecule has 2 rings (SSSR count). The van der Waals surface area contributed by atoms with Crippen molar-refractivity contribution < 1.29 is 13.2 Å². The average Bonchev–Trinajstić information content (AvgIpc) is 2.73. The van der Waals surface area contributed by atoms with Crippen LogP contribution >= 0.6 is 23.4 Å². The number of rotatable bonds is 2. The summed E-state index contributed by atoms with van der Waals surface area (Å²) in [6.07, 6.45) is -3.61. The SMILES string of the molecule is CCC1(C)CSC(Nc2ccc(Cl)cc2C(F)(F)F)=N1. The smallest absolute Gasteiger partial charge is 0.334 e. The lowest BCUT2D eigenvalue weighted by Crippen LogP contribution is -2.20. The molecule has 0 amide bonds. The first-order chi connectivity index (χ1) is 9.23. The minimum absolute atomic E-state index is 0.0199. The maximum absolute atomic E-state index is 13.0. The normalized spacial score (nSPS) is 22.8. The minimum Gasteiger partial charge on any atom is -0.334 e. The average molecular weight is 323 g/mol. The van der Waals surface area contributed by atoms with Crippen LogP contribution in [0.25, 0.3) is 0 Å². The van der Waals surface area contributed by atoms with E-state index in [0.717, 1.165) is 18.2 Å². The number of alkyl halides is 3. The van der Waals surface area contributed by atoms with Crippen molar-refractivity contribution in [3.05, 3.63) is 28.8 Å². The van der Waals surface area contributed by atoms with Crippen LogP contribution in [0.5, 0.6) is 0 Å². The predicted octanol–water partition coefficient (Wildman–Crippen LogP) is 5.04. The van der Waals surface area contributed by atoms with Gasteiger partial charge in [-0.2, -0.15) is 13.2 Å². The van der Waals surface area contributed by atoms with Crippen LogP contribution in [0.3, 0.4) is 0 Å². The number of nitrogens with one attached hydrogen (secondary N) is 1. The van der Waals surface area contributed by atoms with Gasteiger partial charge in [0, 0.05) is 10.8 Å². The molecule has 1 aliphatic rings. The molecule has 1 N–H and O–H groups in total. The van der Waals surface area contributed by atoms with Gasteiger partial charge in [0.15, 0.2) is 5.17 Å². The number of thioether (sulfide) groups is 1. The summed E-state index contributed by atoms with van der Waals surface area (Å²) in [6, 6.07) is 3.68. The molecule has 0 aromatic heterocycles. The van der Waals surface area contributed by atoms with Crippen LogP contribution in [0, 0.1) is 0 Å². The molecule has 1 heterocycles. The van der Waals surface area contributed by atoms with E-state index in [9.17, 15) is 13.2 Å². The van der Waals surface area contributed by atoms with Gasteiger partial charge < -0.3 is 5.32 Å². The molecule has 0 bridgehead atoms. The van der Waals surface area contributed by atoms with Gasteiger partial charge in [0.1, 0.15) is 0 Å². The number of nitrogens with zero attached hydrogens (tertiary/aromatic N) is 1. The Morgan fingerprint density at radius 1 is 1.45 bits per heavy atom. The molecule has 20 heavy (non-hydrogen) atoms. The Bertz CT molecular complexity index is 545. The van der Waals surface area contributed by atoms with Crippen LogP contribution in [0.2, 0.25) is 5.02 Å². The van der Waals surface area contributed by atoms with Gasteiger partial charge in [-0.1, -0.05) is 30.3 Å². The molecule has 0 aliphatic carbocycles. The fraction of sp³-hybridized carbons (Fsp3) is 0.462. The van der Waals surface area contributed by atoms with Gasteiger partial charge in [-0.25, -0.2) is 0 Å². The third kappa shape index (κ3) is 3.41. The standard InChI is InChI=1S/C13H14ClF3N2S/c1-3-12(2)7-20-11(19-12)18-10-5-4-8(14)6-9(10)13(15,16)17/h4-6H,3,7H2,1-2H3,(H,18,19). The maximum atomic E-state index is 13.0. The zero-order valence-electron chi connectivity index (χ0n) is 11.0. The Morgan fingerprint density at radius 3 is 2.70 bits per heavy atom. The van der Waals surface area contributed by atoms with Crippen LogP contribution < -0.4 is 5.32 Å². The first-order valence-electron chi connectivity index (χ1n) is 6.10. The molecular formula is C13H14ClF3N2S. The van der Waals surface area contributed by atoms with Crippen molar-refractivity contribution in [2.24, 2.45) is 4.99 Å². The Balaban J connectivity index is 2.29. The van der Waals surface area contributed by atoms with Gasteiger partial charge in [0.25, 0.3) is 0 Å². The first kappa shape index (κ1) is 15.5. The second-order valence-electron chi connectivity index (χ2n) is 4.87. The van der Waals surface area contributed by atoms with Crippen molar-refractivity contribution in [1.29, 1.82) is 0 Å². The van der Waals surface area contributed by atoms with Gasteiger partial charge in [0.05, 0.1) is 16.8 Å². The van der Waals surface area contributed by atoms with E-state index in [4.69, 9.17) is 11.6 Å². The number of amidine groups is 1. The van der Waals surface area contributed by atoms with E-state index in [1.54, 1.807) is 0 Å². The van der Waals surface area contributed by atoms with E-state index in [2.05, 4.69) is 10.3 Å². The summed E-state index contributed by atoms with van der Waals surface area (Å²) in [5.41, 5.74) is -1.01. The third-order valence-corrected chi connectivity index (χ3v) is 4.65. The molecule has 0 saturated carbocycles. The van der Waals surface area contributed by atoms with Crippen LogP contribution in [0.4, 0.5) is 18.9 Å². The lowest BCUT2D eigenvalue weighted by molar-refractivity contribution is -0.136. The summed E-state index contributed by atoms with van der Waals surface area (Å²) in [5, 5.41) is 3.34. The van der Waals surface area contributed by atoms with Gasteiger partial charge in [-0.3, -0.25) is 4.99 Å². The van der Waals surface area contributed by atoms with Crippen molar-refractivity contribution >= 4 is 34.2 Å². The largest absolute Gasteiger partial charge is 0.418 e. The molecule has 1 atom stereocenters. The molecule has 1 unspecified atom stereocenters. The third-order valence-electron chi connectivity index (χ3n) is 3.18. The molecule has 2 nitrogen and oxygen atoms in total. The van der Waals surface area contributed by atoms with E-state index in [-0.39, 0.29) is 16.2 Å². The topological polar surface area (TPSA) is 24.4 Å². The fourth-order valence-electron chi connectivity index (χ4n) is 1.75. The number of hydrogen-bond donors (Lipinski definition) is 1. The summed E-state index contributed by atoms with van der Waals surface area (Å²) < 4.78 is 38.9. The highest BCUT2D eigenvalue weighted by Crippen LogP contribution is 2.38. The lowest BCUT2D eigenvalue weighted by Gasteiger charge is -2.16. The number of benzene rings is 1. The van der Waals surface area contributed by atoms with E-state index in [1.807, 2.05) is 13.8 Å². The number of halogens is 4. The maximum Gasteiger partial charge on any atom is 0.418 e. The lowest BCUT2D eigenvalue weighted by atomic mass is 10.0. The van der Waals surface area contributed by atoms with Gasteiger partial charge >= 0.3 is 6.18 Å². The molecule has 7 heteroatoms. The summed E-state index contributed by atoms with van der Waals surface area (Å²) in [5.74, 6) is 0.765. The molecular weight excluding hydrogens is 309 g/mol. The number of anilines is 1. The fourth-order valence-corrected chi connectivity index (χ4v) is 3.11. The van der Waals surface area contributed by atoms with Crippen LogP contribution in [-0.2, 0) is 6.18 Å². The highest BCUT2D eigenvalue weighted by molar-refractivity contribution is 8.14. The molecule has 0 saturated heterocycles. The Labute approximate surface area is 124 Å². The quantitative estimate of drug-likeness (QED) is 0.824. The molecule has 0 fully saturated rings. The highest BCUT2D eigenvalue weighted by Gasteiger charge is 2.35. The van der Waals surface area contributed by atoms with Crippen molar-refractivity contribution in [2.45, 2.75) is 32.0 Å². The monoisotopic (exact) mass is 322 g/mol. The van der Waals surface area contributed by atoms with E-state index >= 15 is 0 Å². The van der Waals surface area contributed by atoms with Crippen molar-refractivity contribution in [2.75, 3.05) is 11.1 Å². The summed E-state index contributed by atoms with van der Waals surface area (Å²) in [7, 11) is 0. The van der Waals surface area contributed by atoms with Crippen LogP contribution in [0.1, 0.15) is 25.8 Å². The van der Waals surface area contributed by atoms with E-state index in [0.29, 0.717) is 5.17 Å². The van der Waals surface area contributed by atoms with E-state index in [1.165, 1.54) is 23.9 Å². The Hall–Kier alpha value is -0.880. The van der Waals surface area contributed by atoms with Gasteiger partial charge in [-0.05, 0) is 31.5 Å². The Morgan fingerprint density at radius 2 is 2.15 bits per heavy atom. The van der Waals surface area contributed by atoms with Gasteiger partial charge in [0.2, 0.25) is 0 Å². The molecule has 0 radical (unpaired) electrons. The van der Waals surface area contributed by atoms with Gasteiger partial charge in [-0.15, -0.1) is 0 Å². The molecule has 110 valence electrons. The summed E-state index contributed by atoms with van der Waals surface area (Å²) >= 11 is 7.07.